The van der Waals surface area contributed by atoms with Gasteiger partial charge < -0.3 is 35.2 Å². The summed E-state index contributed by atoms with van der Waals surface area (Å²) in [5.74, 6) is -3.72. The quantitative estimate of drug-likeness (QED) is 0.323. The zero-order valence-electron chi connectivity index (χ0n) is 26.8. The summed E-state index contributed by atoms with van der Waals surface area (Å²) < 4.78 is 5.46. The monoisotopic (exact) mass is 647 g/mol. The van der Waals surface area contributed by atoms with Crippen molar-refractivity contribution in [2.24, 2.45) is 5.92 Å². The highest BCUT2D eigenvalue weighted by molar-refractivity contribution is 7.99. The Morgan fingerprint density at radius 1 is 1.04 bits per heavy atom. The van der Waals surface area contributed by atoms with Crippen LogP contribution in [0.15, 0.2) is 30.3 Å². The smallest absolute Gasteiger partial charge is 0.410 e. The minimum Gasteiger partial charge on any atom is -0.475 e. The number of hydrogen-bond donors (Lipinski definition) is 3. The molecule has 45 heavy (non-hydrogen) atoms. The number of hydrogen-bond acceptors (Lipinski definition) is 8. The standard InChI is InChI=1S/C31H45N5O8S/c1-19(2)24(33-29(42)35-14-12-21(13-15-35)34(6)30(43)44-31(3,4)5)27(39)36-18-45-17-23(36)26(38)32-22(25(37)28(40)41)16-20-10-8-7-9-11-20/h7-11,19,21-24H,12-18H2,1-6H3,(H,32,38)(H,33,42)(H,40,41)/t22-,23-,24-/m0/s1. The van der Waals surface area contributed by atoms with E-state index in [1.54, 1.807) is 81.8 Å². The summed E-state index contributed by atoms with van der Waals surface area (Å²) in [4.78, 5) is 81.3. The molecule has 2 aliphatic heterocycles. The third-order valence-corrected chi connectivity index (χ3v) is 8.80. The Morgan fingerprint density at radius 2 is 1.67 bits per heavy atom. The fourth-order valence-corrected chi connectivity index (χ4v) is 6.37. The molecule has 1 aromatic carbocycles. The number of ketones is 1. The predicted octanol–water partition coefficient (Wildman–Crippen LogP) is 2.33. The second kappa shape index (κ2) is 15.5. The van der Waals surface area contributed by atoms with Gasteiger partial charge in [0, 0.05) is 38.4 Å². The molecule has 0 radical (unpaired) electrons. The minimum atomic E-state index is -1.66. The molecule has 2 saturated heterocycles. The zero-order valence-corrected chi connectivity index (χ0v) is 27.6. The number of carbonyl (C=O) groups excluding carboxylic acids is 5. The zero-order chi connectivity index (χ0) is 33.5. The van der Waals surface area contributed by atoms with Gasteiger partial charge in [0.2, 0.25) is 11.8 Å². The van der Waals surface area contributed by atoms with E-state index >= 15 is 0 Å². The minimum absolute atomic E-state index is 0.0134. The number of rotatable bonds is 10. The lowest BCUT2D eigenvalue weighted by Gasteiger charge is -2.38. The van der Waals surface area contributed by atoms with E-state index in [0.717, 1.165) is 0 Å². The van der Waals surface area contributed by atoms with E-state index in [1.165, 1.54) is 16.7 Å². The molecule has 0 aliphatic carbocycles. The first-order valence-electron chi connectivity index (χ1n) is 15.1. The molecule has 14 heteroatoms. The highest BCUT2D eigenvalue weighted by atomic mass is 32.2. The molecular formula is C31H45N5O8S. The van der Waals surface area contributed by atoms with Gasteiger partial charge in [0.05, 0.1) is 5.88 Å². The molecule has 3 N–H and O–H groups in total. The Morgan fingerprint density at radius 3 is 2.22 bits per heavy atom. The fourth-order valence-electron chi connectivity index (χ4n) is 5.21. The van der Waals surface area contributed by atoms with Crippen molar-refractivity contribution in [2.45, 2.75) is 83.6 Å². The first-order valence-corrected chi connectivity index (χ1v) is 16.3. The molecule has 0 unspecified atom stereocenters. The number of carboxylic acids is 1. The summed E-state index contributed by atoms with van der Waals surface area (Å²) in [6.07, 6.45) is 0.665. The molecule has 248 valence electrons. The molecule has 3 rings (SSSR count). The summed E-state index contributed by atoms with van der Waals surface area (Å²) in [7, 11) is 1.68. The van der Waals surface area contributed by atoms with Crippen LogP contribution in [0.1, 0.15) is 53.0 Å². The predicted molar refractivity (Wildman–Crippen MR) is 168 cm³/mol. The van der Waals surface area contributed by atoms with Crippen molar-refractivity contribution < 1.29 is 38.6 Å². The van der Waals surface area contributed by atoms with Crippen LogP contribution >= 0.6 is 11.8 Å². The van der Waals surface area contributed by atoms with Crippen LogP contribution in [0.2, 0.25) is 0 Å². The number of carboxylic acid groups (broad SMARTS) is 1. The highest BCUT2D eigenvalue weighted by Crippen LogP contribution is 2.24. The molecule has 2 heterocycles. The summed E-state index contributed by atoms with van der Waals surface area (Å²) in [5, 5.41) is 14.7. The van der Waals surface area contributed by atoms with Crippen LogP contribution in [0.25, 0.3) is 0 Å². The summed E-state index contributed by atoms with van der Waals surface area (Å²) >= 11 is 1.35. The maximum atomic E-state index is 13.7. The number of piperidine rings is 1. The van der Waals surface area contributed by atoms with Crippen molar-refractivity contribution in [3.8, 4) is 0 Å². The molecule has 2 fully saturated rings. The van der Waals surface area contributed by atoms with Gasteiger partial charge in [0.25, 0.3) is 5.78 Å². The Bertz CT molecular complexity index is 1250. The number of nitrogens with zero attached hydrogens (tertiary/aromatic N) is 3. The lowest BCUT2D eigenvalue weighted by Crippen LogP contribution is -2.59. The van der Waals surface area contributed by atoms with Crippen molar-refractivity contribution in [3.63, 3.8) is 0 Å². The Labute approximate surface area is 268 Å². The molecule has 0 spiro atoms. The Hall–Kier alpha value is -3.81. The number of amides is 5. The van der Waals surface area contributed by atoms with Crippen LogP contribution in [0, 0.1) is 5.92 Å². The maximum Gasteiger partial charge on any atom is 0.410 e. The Balaban J connectivity index is 1.63. The fraction of sp³-hybridized carbons (Fsp3) is 0.613. The average molecular weight is 648 g/mol. The molecule has 1 aromatic rings. The maximum absolute atomic E-state index is 13.7. The number of Topliss-reactive ketones (excluding diaryl/α,β-unsaturated/α-hetero) is 1. The molecule has 2 aliphatic rings. The topological polar surface area (TPSA) is 166 Å². The summed E-state index contributed by atoms with van der Waals surface area (Å²) in [6.45, 7) is 9.76. The molecule has 5 amide bonds. The van der Waals surface area contributed by atoms with Gasteiger partial charge in [0.15, 0.2) is 0 Å². The van der Waals surface area contributed by atoms with Gasteiger partial charge in [-0.05, 0) is 45.1 Å². The van der Waals surface area contributed by atoms with E-state index in [2.05, 4.69) is 10.6 Å². The normalized spacial score (nSPS) is 18.6. The molecule has 0 bridgehead atoms. The van der Waals surface area contributed by atoms with Crippen molar-refractivity contribution in [3.05, 3.63) is 35.9 Å². The van der Waals surface area contributed by atoms with Crippen molar-refractivity contribution in [2.75, 3.05) is 31.8 Å². The van der Waals surface area contributed by atoms with Gasteiger partial charge in [-0.15, -0.1) is 11.8 Å². The second-order valence-electron chi connectivity index (χ2n) is 12.7. The van der Waals surface area contributed by atoms with Crippen molar-refractivity contribution in [1.29, 1.82) is 0 Å². The van der Waals surface area contributed by atoms with E-state index in [9.17, 15) is 33.9 Å². The van der Waals surface area contributed by atoms with Crippen LogP contribution in [-0.4, -0.2) is 117 Å². The number of nitrogens with one attached hydrogen (secondary N) is 2. The molecule has 0 saturated carbocycles. The van der Waals surface area contributed by atoms with E-state index < -0.39 is 59.4 Å². The van der Waals surface area contributed by atoms with Crippen molar-refractivity contribution >= 4 is 47.5 Å². The van der Waals surface area contributed by atoms with Gasteiger partial charge >= 0.3 is 18.1 Å². The third kappa shape index (κ3) is 9.84. The number of urea groups is 1. The first kappa shape index (κ1) is 35.7. The number of benzene rings is 1. The van der Waals surface area contributed by atoms with Gasteiger partial charge in [-0.3, -0.25) is 14.4 Å². The molecule has 0 aromatic heterocycles. The number of aliphatic carboxylic acids is 1. The number of thioether (sulfide) groups is 1. The summed E-state index contributed by atoms with van der Waals surface area (Å²) in [5.41, 5.74) is 0.0617. The van der Waals surface area contributed by atoms with Crippen LogP contribution < -0.4 is 10.6 Å². The Kier molecular flexibility index (Phi) is 12.3. The van der Waals surface area contributed by atoms with Gasteiger partial charge in [-0.2, -0.15) is 0 Å². The average Bonchev–Trinajstić information content (AvgIpc) is 3.48. The largest absolute Gasteiger partial charge is 0.475 e. The van der Waals surface area contributed by atoms with Gasteiger partial charge in [0.1, 0.15) is 23.7 Å². The van der Waals surface area contributed by atoms with Gasteiger partial charge in [-0.25, -0.2) is 14.4 Å². The van der Waals surface area contributed by atoms with Crippen LogP contribution in [0.4, 0.5) is 9.59 Å². The van der Waals surface area contributed by atoms with E-state index in [0.29, 0.717) is 31.5 Å². The van der Waals surface area contributed by atoms with Crippen LogP contribution in [0.3, 0.4) is 0 Å². The lowest BCUT2D eigenvalue weighted by molar-refractivity contribution is -0.150. The molecular weight excluding hydrogens is 602 g/mol. The third-order valence-electron chi connectivity index (χ3n) is 7.79. The van der Waals surface area contributed by atoms with Crippen LogP contribution in [-0.2, 0) is 30.3 Å². The number of likely N-dealkylation sites (tertiary alicyclic amines) is 1. The van der Waals surface area contributed by atoms with Gasteiger partial charge in [-0.1, -0.05) is 44.2 Å². The lowest BCUT2D eigenvalue weighted by atomic mass is 10.0. The molecule has 13 nitrogen and oxygen atoms in total. The van der Waals surface area contributed by atoms with Crippen LogP contribution in [0.5, 0.6) is 0 Å². The molecule has 3 atom stereocenters. The number of ether oxygens (including phenoxy) is 1. The van der Waals surface area contributed by atoms with E-state index in [-0.39, 0.29) is 30.0 Å². The van der Waals surface area contributed by atoms with E-state index in [4.69, 9.17) is 4.74 Å². The summed E-state index contributed by atoms with van der Waals surface area (Å²) in [6, 6.07) is 5.06. The second-order valence-corrected chi connectivity index (χ2v) is 13.7. The first-order chi connectivity index (χ1) is 21.1. The number of carbonyl (C=O) groups is 6. The SMILES string of the molecule is CC(C)[C@H](NC(=O)N1CCC(N(C)C(=O)OC(C)(C)C)CC1)C(=O)N1CSC[C@H]1C(=O)N[C@@H](Cc1ccccc1)C(=O)C(=O)O. The highest BCUT2D eigenvalue weighted by Gasteiger charge is 2.41. The van der Waals surface area contributed by atoms with E-state index in [1.807, 2.05) is 0 Å². The van der Waals surface area contributed by atoms with Crippen molar-refractivity contribution in [1.82, 2.24) is 25.3 Å².